The fraction of sp³-hybridized carbons (Fsp3) is 0.647. The van der Waals surface area contributed by atoms with E-state index in [9.17, 15) is 0 Å². The van der Waals surface area contributed by atoms with E-state index in [0.717, 1.165) is 29.0 Å². The van der Waals surface area contributed by atoms with Crippen LogP contribution in [0.3, 0.4) is 0 Å². The summed E-state index contributed by atoms with van der Waals surface area (Å²) >= 11 is 6.10. The Balaban J connectivity index is 2.05. The molecule has 1 N–H and O–H groups in total. The Kier molecular flexibility index (Phi) is 5.88. The zero-order chi connectivity index (χ0) is 14.5. The van der Waals surface area contributed by atoms with Gasteiger partial charge in [0.25, 0.3) is 0 Å². The summed E-state index contributed by atoms with van der Waals surface area (Å²) in [5, 5.41) is 4.01. The van der Waals surface area contributed by atoms with Crippen LogP contribution in [0, 0.1) is 11.8 Å². The summed E-state index contributed by atoms with van der Waals surface area (Å²) in [6.45, 7) is 5.48. The number of benzene rings is 1. The number of hydrogen-bond acceptors (Lipinski definition) is 2. The van der Waals surface area contributed by atoms with Gasteiger partial charge in [-0.3, -0.25) is 0 Å². The van der Waals surface area contributed by atoms with Crippen LogP contribution >= 0.6 is 11.6 Å². The van der Waals surface area contributed by atoms with Gasteiger partial charge in [-0.1, -0.05) is 37.6 Å². The summed E-state index contributed by atoms with van der Waals surface area (Å²) in [4.78, 5) is 0. The van der Waals surface area contributed by atoms with Crippen molar-refractivity contribution in [2.24, 2.45) is 11.8 Å². The standard InChI is InChI=1S/C17H26ClNO/c1-12-7-13(2)9-16(8-12)20-17(11-19-3)14-5-4-6-15(18)10-14/h4-6,10,12-13,16-17,19H,7-9,11H2,1-3H3. The molecule has 1 aromatic rings. The summed E-state index contributed by atoms with van der Waals surface area (Å²) < 4.78 is 6.39. The molecule has 0 bridgehead atoms. The number of halogens is 1. The molecule has 0 radical (unpaired) electrons. The van der Waals surface area contributed by atoms with Gasteiger partial charge in [-0.15, -0.1) is 0 Å². The van der Waals surface area contributed by atoms with Gasteiger partial charge in [-0.25, -0.2) is 0 Å². The van der Waals surface area contributed by atoms with Gasteiger partial charge in [0, 0.05) is 11.6 Å². The molecule has 0 amide bonds. The molecule has 112 valence electrons. The van der Waals surface area contributed by atoms with Gasteiger partial charge < -0.3 is 10.1 Å². The largest absolute Gasteiger partial charge is 0.369 e. The van der Waals surface area contributed by atoms with Gasteiger partial charge in [0.15, 0.2) is 0 Å². The Labute approximate surface area is 127 Å². The molecule has 20 heavy (non-hydrogen) atoms. The Morgan fingerprint density at radius 2 is 1.95 bits per heavy atom. The molecule has 1 saturated carbocycles. The quantitative estimate of drug-likeness (QED) is 0.867. The predicted molar refractivity (Wildman–Crippen MR) is 85.2 cm³/mol. The second-order valence-corrected chi connectivity index (χ2v) is 6.71. The van der Waals surface area contributed by atoms with Crippen molar-refractivity contribution in [3.8, 4) is 0 Å². The van der Waals surface area contributed by atoms with Gasteiger partial charge in [0.2, 0.25) is 0 Å². The monoisotopic (exact) mass is 295 g/mol. The van der Waals surface area contributed by atoms with E-state index in [2.05, 4.69) is 25.2 Å². The lowest BCUT2D eigenvalue weighted by Gasteiger charge is -2.34. The maximum Gasteiger partial charge on any atom is 0.0953 e. The Bertz CT molecular complexity index is 413. The lowest BCUT2D eigenvalue weighted by Crippen LogP contribution is -2.30. The average Bonchev–Trinajstić information content (AvgIpc) is 2.37. The molecule has 3 heteroatoms. The molecule has 3 unspecified atom stereocenters. The first kappa shape index (κ1) is 15.8. The first-order chi connectivity index (χ1) is 9.58. The van der Waals surface area contributed by atoms with Crippen molar-refractivity contribution in [2.45, 2.75) is 45.3 Å². The molecular weight excluding hydrogens is 270 g/mol. The Hall–Kier alpha value is -0.570. The van der Waals surface area contributed by atoms with Crippen molar-refractivity contribution in [1.82, 2.24) is 5.32 Å². The highest BCUT2D eigenvalue weighted by atomic mass is 35.5. The highest BCUT2D eigenvalue weighted by Crippen LogP contribution is 2.33. The fourth-order valence-corrected chi connectivity index (χ4v) is 3.55. The maximum absolute atomic E-state index is 6.39. The van der Waals surface area contributed by atoms with Crippen molar-refractivity contribution in [3.05, 3.63) is 34.9 Å². The molecule has 0 aromatic heterocycles. The summed E-state index contributed by atoms with van der Waals surface area (Å²) in [7, 11) is 1.97. The average molecular weight is 296 g/mol. The fourth-order valence-electron chi connectivity index (χ4n) is 3.35. The Morgan fingerprint density at radius 1 is 1.25 bits per heavy atom. The molecule has 2 rings (SSSR count). The lowest BCUT2D eigenvalue weighted by atomic mass is 9.81. The van der Waals surface area contributed by atoms with Gasteiger partial charge in [-0.2, -0.15) is 0 Å². The minimum absolute atomic E-state index is 0.0844. The highest BCUT2D eigenvalue weighted by Gasteiger charge is 2.27. The van der Waals surface area contributed by atoms with E-state index in [1.165, 1.54) is 19.3 Å². The van der Waals surface area contributed by atoms with Crippen molar-refractivity contribution in [2.75, 3.05) is 13.6 Å². The molecule has 0 spiro atoms. The number of rotatable bonds is 5. The van der Waals surface area contributed by atoms with Crippen molar-refractivity contribution in [3.63, 3.8) is 0 Å². The van der Waals surface area contributed by atoms with Gasteiger partial charge in [-0.05, 0) is 55.8 Å². The summed E-state index contributed by atoms with van der Waals surface area (Å²) in [6.07, 6.45) is 4.12. The third-order valence-electron chi connectivity index (χ3n) is 4.10. The van der Waals surface area contributed by atoms with E-state index in [4.69, 9.17) is 16.3 Å². The predicted octanol–water partition coefficient (Wildman–Crippen LogP) is 4.44. The minimum Gasteiger partial charge on any atom is -0.369 e. The zero-order valence-electron chi connectivity index (χ0n) is 12.7. The zero-order valence-corrected chi connectivity index (χ0v) is 13.5. The maximum atomic E-state index is 6.39. The molecule has 0 heterocycles. The molecular formula is C17H26ClNO. The second-order valence-electron chi connectivity index (χ2n) is 6.28. The van der Waals surface area contributed by atoms with Crippen LogP contribution in [0.15, 0.2) is 24.3 Å². The van der Waals surface area contributed by atoms with Crippen LogP contribution in [0.2, 0.25) is 5.02 Å². The number of ether oxygens (including phenoxy) is 1. The normalized spacial score (nSPS) is 28.3. The van der Waals surface area contributed by atoms with Gasteiger partial charge in [0.05, 0.1) is 12.2 Å². The van der Waals surface area contributed by atoms with Crippen LogP contribution in [0.5, 0.6) is 0 Å². The van der Waals surface area contributed by atoms with E-state index in [1.807, 2.05) is 25.2 Å². The first-order valence-corrected chi connectivity index (χ1v) is 8.01. The SMILES string of the molecule is CNCC(OC1CC(C)CC(C)C1)c1cccc(Cl)c1. The lowest BCUT2D eigenvalue weighted by molar-refractivity contribution is -0.0491. The summed E-state index contributed by atoms with van der Waals surface area (Å²) in [5.41, 5.74) is 1.16. The molecule has 1 aliphatic rings. The van der Waals surface area contributed by atoms with Crippen molar-refractivity contribution < 1.29 is 4.74 Å². The number of likely N-dealkylation sites (N-methyl/N-ethyl adjacent to an activating group) is 1. The number of nitrogens with one attached hydrogen (secondary N) is 1. The molecule has 0 aliphatic heterocycles. The van der Waals surface area contributed by atoms with Crippen LogP contribution in [0.25, 0.3) is 0 Å². The number of hydrogen-bond donors (Lipinski definition) is 1. The third kappa shape index (κ3) is 4.47. The van der Waals surface area contributed by atoms with Crippen LogP contribution < -0.4 is 5.32 Å². The van der Waals surface area contributed by atoms with Gasteiger partial charge in [0.1, 0.15) is 0 Å². The van der Waals surface area contributed by atoms with E-state index in [-0.39, 0.29) is 6.10 Å². The topological polar surface area (TPSA) is 21.3 Å². The molecule has 1 fully saturated rings. The summed E-state index contributed by atoms with van der Waals surface area (Å²) in [6, 6.07) is 8.02. The first-order valence-electron chi connectivity index (χ1n) is 7.64. The van der Waals surface area contributed by atoms with Crippen LogP contribution in [-0.2, 0) is 4.74 Å². The second kappa shape index (κ2) is 7.44. The minimum atomic E-state index is 0.0844. The summed E-state index contributed by atoms with van der Waals surface area (Å²) in [5.74, 6) is 1.52. The highest BCUT2D eigenvalue weighted by molar-refractivity contribution is 6.30. The Morgan fingerprint density at radius 3 is 2.55 bits per heavy atom. The van der Waals surface area contributed by atoms with E-state index < -0.39 is 0 Å². The van der Waals surface area contributed by atoms with Gasteiger partial charge >= 0.3 is 0 Å². The van der Waals surface area contributed by atoms with E-state index >= 15 is 0 Å². The van der Waals surface area contributed by atoms with E-state index in [1.54, 1.807) is 0 Å². The van der Waals surface area contributed by atoms with Crippen LogP contribution in [0.4, 0.5) is 0 Å². The third-order valence-corrected chi connectivity index (χ3v) is 4.34. The molecule has 3 atom stereocenters. The van der Waals surface area contributed by atoms with Crippen molar-refractivity contribution in [1.29, 1.82) is 0 Å². The van der Waals surface area contributed by atoms with Crippen LogP contribution in [0.1, 0.15) is 44.8 Å². The van der Waals surface area contributed by atoms with Crippen LogP contribution in [-0.4, -0.2) is 19.7 Å². The van der Waals surface area contributed by atoms with Crippen molar-refractivity contribution >= 4 is 11.6 Å². The molecule has 2 nitrogen and oxygen atoms in total. The molecule has 0 saturated heterocycles. The molecule has 1 aromatic carbocycles. The smallest absolute Gasteiger partial charge is 0.0953 e. The molecule has 1 aliphatic carbocycles. The van der Waals surface area contributed by atoms with E-state index in [0.29, 0.717) is 6.10 Å².